The van der Waals surface area contributed by atoms with Crippen molar-refractivity contribution in [2.75, 3.05) is 4.90 Å². The van der Waals surface area contributed by atoms with Gasteiger partial charge in [0.15, 0.2) is 0 Å². The Bertz CT molecular complexity index is 1260. The second-order valence-corrected chi connectivity index (χ2v) is 7.78. The van der Waals surface area contributed by atoms with Gasteiger partial charge in [0, 0.05) is 33.7 Å². The first kappa shape index (κ1) is 22.9. The third-order valence-corrected chi connectivity index (χ3v) is 5.34. The zero-order valence-electron chi connectivity index (χ0n) is 19.6. The van der Waals surface area contributed by atoms with Gasteiger partial charge >= 0.3 is 0 Å². The smallest absolute Gasteiger partial charge is 0.0558 e. The molecule has 32 heavy (non-hydrogen) atoms. The van der Waals surface area contributed by atoms with Gasteiger partial charge in [0.1, 0.15) is 0 Å². The molecule has 0 saturated heterocycles. The summed E-state index contributed by atoms with van der Waals surface area (Å²) in [5.41, 5.74) is 8.69. The maximum atomic E-state index is 4.24. The van der Waals surface area contributed by atoms with Crippen LogP contribution < -0.4 is 4.90 Å². The molecule has 0 aliphatic carbocycles. The average molecular weight is 421 g/mol. The topological polar surface area (TPSA) is 8.17 Å². The highest BCUT2D eigenvalue weighted by Crippen LogP contribution is 2.37. The second kappa shape index (κ2) is 10.0. The van der Waals surface area contributed by atoms with Gasteiger partial charge in [-0.1, -0.05) is 62.2 Å². The molecule has 0 aliphatic heterocycles. The summed E-state index contributed by atoms with van der Waals surface area (Å²) in [7, 11) is 0. The molecule has 3 aromatic rings. The van der Waals surface area contributed by atoms with Gasteiger partial charge in [-0.3, -0.25) is 0 Å². The first-order valence-corrected chi connectivity index (χ1v) is 10.9. The Labute approximate surface area is 192 Å². The normalized spacial score (nSPS) is 12.1. The van der Waals surface area contributed by atoms with Gasteiger partial charge in [-0.2, -0.15) is 0 Å². The summed E-state index contributed by atoms with van der Waals surface area (Å²) < 4.78 is 2.18. The monoisotopic (exact) mass is 420 g/mol. The van der Waals surface area contributed by atoms with E-state index in [0.29, 0.717) is 0 Å². The molecule has 2 heteroatoms. The Hall–Kier alpha value is -3.78. The van der Waals surface area contributed by atoms with Crippen LogP contribution in [0.25, 0.3) is 28.8 Å². The molecule has 0 N–H and O–H groups in total. The number of hydrogen-bond acceptors (Lipinski definition) is 1. The molecule has 0 bridgehead atoms. The maximum Gasteiger partial charge on any atom is 0.0558 e. The number of hydrogen-bond donors (Lipinski definition) is 0. The fourth-order valence-corrected chi connectivity index (χ4v) is 4.12. The fraction of sp³-hybridized carbons (Fsp3) is 0.133. The lowest BCUT2D eigenvalue weighted by atomic mass is 10.1. The molecule has 0 saturated carbocycles. The standard InChI is InChI=1S/C30H32N2/c1-8-13-24(14-9-2)32(25-17-12-16-23(7)20-25)26-18-19-28-27(15-10-3)29(11-4)31(22(5)6)30(28)21-26/h8-21H,1,4-5H2,2-3,6-7H3/b14-9-,15-10-,24-13+. The number of anilines is 2. The lowest BCUT2D eigenvalue weighted by molar-refractivity contribution is 1.13. The summed E-state index contributed by atoms with van der Waals surface area (Å²) >= 11 is 0. The predicted molar refractivity (Wildman–Crippen MR) is 144 cm³/mol. The summed E-state index contributed by atoms with van der Waals surface area (Å²) in [4.78, 5) is 2.26. The van der Waals surface area contributed by atoms with Crippen LogP contribution >= 0.6 is 0 Å². The van der Waals surface area contributed by atoms with Crippen molar-refractivity contribution >= 4 is 40.1 Å². The average Bonchev–Trinajstić information content (AvgIpc) is 3.07. The van der Waals surface area contributed by atoms with Crippen LogP contribution in [0.2, 0.25) is 0 Å². The van der Waals surface area contributed by atoms with E-state index >= 15 is 0 Å². The molecule has 1 heterocycles. The molecular formula is C30H32N2. The van der Waals surface area contributed by atoms with E-state index in [1.807, 2.05) is 45.1 Å². The number of fused-ring (bicyclic) bond motifs is 1. The van der Waals surface area contributed by atoms with Gasteiger partial charge in [0.05, 0.1) is 11.2 Å². The van der Waals surface area contributed by atoms with Gasteiger partial charge in [-0.15, -0.1) is 0 Å². The largest absolute Gasteiger partial charge is 0.314 e. The van der Waals surface area contributed by atoms with E-state index in [1.165, 1.54) is 10.9 Å². The molecule has 162 valence electrons. The number of aromatic nitrogens is 1. The molecule has 1 aromatic heterocycles. The summed E-state index contributed by atoms with van der Waals surface area (Å²) in [6.07, 6.45) is 14.1. The summed E-state index contributed by atoms with van der Waals surface area (Å²) in [5, 5.41) is 1.18. The summed E-state index contributed by atoms with van der Waals surface area (Å²) in [5.74, 6) is 0. The van der Waals surface area contributed by atoms with E-state index in [1.54, 1.807) is 0 Å². The summed E-state index contributed by atoms with van der Waals surface area (Å²) in [6.45, 7) is 20.4. The second-order valence-electron chi connectivity index (χ2n) is 7.78. The lowest BCUT2D eigenvalue weighted by Crippen LogP contribution is -2.15. The van der Waals surface area contributed by atoms with Crippen molar-refractivity contribution in [1.29, 1.82) is 0 Å². The SMILES string of the molecule is C=C/C=C(\C=C/C)N(c1cccc(C)c1)c1ccc2c(/C=C\C)c(C=C)n(C(=C)C)c2c1. The lowest BCUT2D eigenvalue weighted by Gasteiger charge is -2.27. The highest BCUT2D eigenvalue weighted by Gasteiger charge is 2.18. The van der Waals surface area contributed by atoms with Crippen LogP contribution in [0, 0.1) is 6.92 Å². The molecule has 0 unspecified atom stereocenters. The van der Waals surface area contributed by atoms with Crippen LogP contribution in [0.4, 0.5) is 11.4 Å². The number of aryl methyl sites for hydroxylation is 1. The first-order valence-electron chi connectivity index (χ1n) is 10.9. The number of rotatable bonds is 8. The van der Waals surface area contributed by atoms with Gasteiger partial charge in [-0.05, 0) is 75.8 Å². The minimum atomic E-state index is 0.954. The third-order valence-electron chi connectivity index (χ3n) is 5.34. The van der Waals surface area contributed by atoms with Crippen LogP contribution in [0.1, 0.15) is 37.6 Å². The van der Waals surface area contributed by atoms with Gasteiger partial charge in [-0.25, -0.2) is 0 Å². The quantitative estimate of drug-likeness (QED) is 0.330. The molecular weight excluding hydrogens is 388 g/mol. The van der Waals surface area contributed by atoms with Crippen molar-refractivity contribution in [3.05, 3.63) is 115 Å². The minimum absolute atomic E-state index is 0.954. The van der Waals surface area contributed by atoms with Gasteiger partial charge < -0.3 is 9.47 Å². The molecule has 0 atom stereocenters. The van der Waals surface area contributed by atoms with Crippen LogP contribution in [0.5, 0.6) is 0 Å². The van der Waals surface area contributed by atoms with E-state index in [9.17, 15) is 0 Å². The molecule has 2 nitrogen and oxygen atoms in total. The Kier molecular flexibility index (Phi) is 7.17. The van der Waals surface area contributed by atoms with Crippen LogP contribution in [-0.2, 0) is 0 Å². The Morgan fingerprint density at radius 3 is 2.34 bits per heavy atom. The molecule has 3 rings (SSSR count). The molecule has 0 fully saturated rings. The van der Waals surface area contributed by atoms with Crippen molar-refractivity contribution in [3.63, 3.8) is 0 Å². The minimum Gasteiger partial charge on any atom is -0.314 e. The zero-order valence-corrected chi connectivity index (χ0v) is 19.6. The number of allylic oxidation sites excluding steroid dienone is 6. The van der Waals surface area contributed by atoms with E-state index in [4.69, 9.17) is 0 Å². The van der Waals surface area contributed by atoms with Crippen molar-refractivity contribution in [1.82, 2.24) is 4.57 Å². The van der Waals surface area contributed by atoms with E-state index in [-0.39, 0.29) is 0 Å². The molecule has 2 aromatic carbocycles. The number of nitrogens with zero attached hydrogens (tertiary/aromatic N) is 2. The predicted octanol–water partition coefficient (Wildman–Crippen LogP) is 8.90. The van der Waals surface area contributed by atoms with Gasteiger partial charge in [0.2, 0.25) is 0 Å². The van der Waals surface area contributed by atoms with Crippen molar-refractivity contribution in [2.45, 2.75) is 27.7 Å². The number of benzene rings is 2. The van der Waals surface area contributed by atoms with E-state index in [2.05, 4.69) is 96.8 Å². The highest BCUT2D eigenvalue weighted by molar-refractivity contribution is 5.98. The first-order chi connectivity index (χ1) is 15.5. The molecule has 0 amide bonds. The van der Waals surface area contributed by atoms with Crippen LogP contribution in [-0.4, -0.2) is 4.57 Å². The van der Waals surface area contributed by atoms with Gasteiger partial charge in [0.25, 0.3) is 0 Å². The third kappa shape index (κ3) is 4.31. The van der Waals surface area contributed by atoms with Crippen LogP contribution in [0.3, 0.4) is 0 Å². The Morgan fingerprint density at radius 2 is 1.75 bits per heavy atom. The zero-order chi connectivity index (χ0) is 23.3. The van der Waals surface area contributed by atoms with Crippen molar-refractivity contribution in [2.24, 2.45) is 0 Å². The highest BCUT2D eigenvalue weighted by atomic mass is 15.1. The van der Waals surface area contributed by atoms with E-state index in [0.717, 1.165) is 39.5 Å². The van der Waals surface area contributed by atoms with E-state index < -0.39 is 0 Å². The Balaban J connectivity index is 2.38. The van der Waals surface area contributed by atoms with Crippen LogP contribution in [0.15, 0.2) is 98.3 Å². The Morgan fingerprint density at radius 1 is 1.00 bits per heavy atom. The summed E-state index contributed by atoms with van der Waals surface area (Å²) in [6, 6.07) is 15.1. The fourth-order valence-electron chi connectivity index (χ4n) is 4.12. The molecule has 0 radical (unpaired) electrons. The molecule has 0 spiro atoms. The van der Waals surface area contributed by atoms with Crippen molar-refractivity contribution in [3.8, 4) is 0 Å². The molecule has 0 aliphatic rings. The maximum absolute atomic E-state index is 4.24. The van der Waals surface area contributed by atoms with Crippen molar-refractivity contribution < 1.29 is 0 Å².